The van der Waals surface area contributed by atoms with Gasteiger partial charge in [0.1, 0.15) is 11.3 Å². The zero-order valence-corrected chi connectivity index (χ0v) is 20.2. The van der Waals surface area contributed by atoms with Crippen molar-refractivity contribution >= 4 is 23.4 Å². The number of nitrogens with two attached hydrogens (primary N) is 1. The molecule has 4 bridgehead atoms. The van der Waals surface area contributed by atoms with Crippen molar-refractivity contribution in [2.24, 2.45) is 34.8 Å². The van der Waals surface area contributed by atoms with E-state index in [-0.39, 0.29) is 41.5 Å². The van der Waals surface area contributed by atoms with Crippen LogP contribution < -0.4 is 16.4 Å². The number of hydrogen-bond acceptors (Lipinski definition) is 4. The van der Waals surface area contributed by atoms with Gasteiger partial charge in [0.2, 0.25) is 11.8 Å². The average molecular weight is 478 g/mol. The minimum Gasteiger partial charge on any atom is -0.369 e. The first-order valence-electron chi connectivity index (χ1n) is 13.2. The summed E-state index contributed by atoms with van der Waals surface area (Å²) in [5, 5.41) is 6.21. The summed E-state index contributed by atoms with van der Waals surface area (Å²) in [6, 6.07) is 5.28. The SMILES string of the molecule is NC(=O)[C@H]1CCC[C@H]1NC(=O)Cc1cn2c(C(=O)NCC34CC5CC(CC(C5)C3)C4)cccc2n1. The molecule has 2 aromatic rings. The molecule has 0 aliphatic heterocycles. The van der Waals surface area contributed by atoms with Crippen LogP contribution in [-0.2, 0) is 16.0 Å². The Labute approximate surface area is 205 Å². The fourth-order valence-electron chi connectivity index (χ4n) is 8.09. The van der Waals surface area contributed by atoms with Crippen LogP contribution in [0.4, 0.5) is 0 Å². The van der Waals surface area contributed by atoms with Crippen LogP contribution >= 0.6 is 0 Å². The van der Waals surface area contributed by atoms with Gasteiger partial charge in [-0.05, 0) is 86.7 Å². The Hall–Kier alpha value is -2.90. The molecule has 5 fully saturated rings. The number of primary amides is 1. The van der Waals surface area contributed by atoms with Crippen LogP contribution in [0.25, 0.3) is 5.65 Å². The van der Waals surface area contributed by atoms with Crippen molar-refractivity contribution in [1.82, 2.24) is 20.0 Å². The van der Waals surface area contributed by atoms with Crippen LogP contribution in [0.1, 0.15) is 74.0 Å². The van der Waals surface area contributed by atoms with Crippen LogP contribution in [0.15, 0.2) is 24.4 Å². The highest BCUT2D eigenvalue weighted by atomic mass is 16.2. The third-order valence-corrected chi connectivity index (χ3v) is 9.13. The van der Waals surface area contributed by atoms with Crippen molar-refractivity contribution in [3.8, 4) is 0 Å². The molecule has 3 amide bonds. The normalized spacial score (nSPS) is 33.2. The highest BCUT2D eigenvalue weighted by Crippen LogP contribution is 2.59. The summed E-state index contributed by atoms with van der Waals surface area (Å²) in [4.78, 5) is 42.1. The van der Waals surface area contributed by atoms with Gasteiger partial charge in [0.15, 0.2) is 0 Å². The first-order chi connectivity index (χ1) is 16.9. The minimum absolute atomic E-state index is 0.0880. The highest BCUT2D eigenvalue weighted by molar-refractivity contribution is 5.93. The van der Waals surface area contributed by atoms with Crippen molar-refractivity contribution in [2.75, 3.05) is 6.54 Å². The number of carbonyl (C=O) groups excluding carboxylic acids is 3. The number of rotatable bonds is 7. The summed E-state index contributed by atoms with van der Waals surface area (Å²) in [5.74, 6) is 1.63. The van der Waals surface area contributed by atoms with Crippen molar-refractivity contribution in [3.05, 3.63) is 35.8 Å². The molecule has 4 N–H and O–H groups in total. The monoisotopic (exact) mass is 477 g/mol. The summed E-state index contributed by atoms with van der Waals surface area (Å²) in [6.45, 7) is 0.748. The Kier molecular flexibility index (Phi) is 5.57. The van der Waals surface area contributed by atoms with E-state index in [1.54, 1.807) is 10.6 Å². The maximum absolute atomic E-state index is 13.2. The molecule has 0 unspecified atom stereocenters. The molecule has 2 atom stereocenters. The Morgan fingerprint density at radius 1 is 1.06 bits per heavy atom. The van der Waals surface area contributed by atoms with E-state index in [4.69, 9.17) is 5.73 Å². The van der Waals surface area contributed by atoms with Gasteiger partial charge < -0.3 is 16.4 Å². The van der Waals surface area contributed by atoms with Crippen LogP contribution in [0.3, 0.4) is 0 Å². The van der Waals surface area contributed by atoms with Gasteiger partial charge in [0.25, 0.3) is 5.91 Å². The van der Waals surface area contributed by atoms with E-state index in [1.165, 1.54) is 38.5 Å². The lowest BCUT2D eigenvalue weighted by atomic mass is 9.49. The molecular weight excluding hydrogens is 442 g/mol. The second-order valence-corrected chi connectivity index (χ2v) is 11.8. The smallest absolute Gasteiger partial charge is 0.268 e. The Bertz CT molecular complexity index is 1140. The molecule has 7 rings (SSSR count). The zero-order chi connectivity index (χ0) is 24.2. The number of amides is 3. The fraction of sp³-hybridized carbons (Fsp3) is 0.630. The molecule has 5 saturated carbocycles. The molecule has 5 aliphatic carbocycles. The Morgan fingerprint density at radius 3 is 2.46 bits per heavy atom. The molecule has 8 heteroatoms. The van der Waals surface area contributed by atoms with Gasteiger partial charge in [-0.2, -0.15) is 0 Å². The quantitative estimate of drug-likeness (QED) is 0.568. The van der Waals surface area contributed by atoms with E-state index in [0.29, 0.717) is 17.0 Å². The molecule has 0 aromatic carbocycles. The van der Waals surface area contributed by atoms with E-state index in [1.807, 2.05) is 18.2 Å². The fourth-order valence-corrected chi connectivity index (χ4v) is 8.09. The summed E-state index contributed by atoms with van der Waals surface area (Å²) >= 11 is 0. The molecule has 0 saturated heterocycles. The first kappa shape index (κ1) is 22.6. The Balaban J connectivity index is 1.12. The number of carbonyl (C=O) groups is 3. The molecule has 0 radical (unpaired) electrons. The third-order valence-electron chi connectivity index (χ3n) is 9.13. The molecule has 2 heterocycles. The van der Waals surface area contributed by atoms with Gasteiger partial charge in [0, 0.05) is 18.8 Å². The van der Waals surface area contributed by atoms with E-state index in [9.17, 15) is 14.4 Å². The standard InChI is InChI=1S/C27H35N5O3/c28-25(34)20-3-1-4-21(20)31-24(33)10-19-14-32-22(5-2-6-23(32)30-19)26(35)29-15-27-11-16-7-17(12-27)9-18(8-16)13-27/h2,5-6,14,16-18,20-21H,1,3-4,7-13,15H2,(H2,28,34)(H,29,35)(H,31,33)/t16?,17?,18?,20-,21+,27?/m0/s1. The maximum Gasteiger partial charge on any atom is 0.268 e. The number of hydrogen-bond donors (Lipinski definition) is 3. The molecule has 8 nitrogen and oxygen atoms in total. The highest BCUT2D eigenvalue weighted by Gasteiger charge is 2.50. The average Bonchev–Trinajstić information content (AvgIpc) is 3.42. The number of aromatic nitrogens is 2. The first-order valence-corrected chi connectivity index (χ1v) is 13.2. The lowest BCUT2D eigenvalue weighted by Gasteiger charge is -2.56. The van der Waals surface area contributed by atoms with Gasteiger partial charge in [-0.25, -0.2) is 4.98 Å². The second kappa shape index (κ2) is 8.64. The van der Waals surface area contributed by atoms with Crippen LogP contribution in [0.2, 0.25) is 0 Å². The van der Waals surface area contributed by atoms with Gasteiger partial charge in [-0.3, -0.25) is 18.8 Å². The lowest BCUT2D eigenvalue weighted by molar-refractivity contribution is -0.124. The van der Waals surface area contributed by atoms with Crippen molar-refractivity contribution in [3.63, 3.8) is 0 Å². The number of nitrogens with zero attached hydrogens (tertiary/aromatic N) is 2. The molecular formula is C27H35N5O3. The predicted molar refractivity (Wildman–Crippen MR) is 130 cm³/mol. The number of imidazole rings is 1. The zero-order valence-electron chi connectivity index (χ0n) is 20.2. The molecule has 2 aromatic heterocycles. The van der Waals surface area contributed by atoms with E-state index in [2.05, 4.69) is 15.6 Å². The Morgan fingerprint density at radius 2 is 1.77 bits per heavy atom. The van der Waals surface area contributed by atoms with E-state index >= 15 is 0 Å². The number of pyridine rings is 1. The van der Waals surface area contributed by atoms with Crippen LogP contribution in [0, 0.1) is 29.1 Å². The predicted octanol–water partition coefficient (Wildman–Crippen LogP) is 2.59. The third kappa shape index (κ3) is 4.32. The van der Waals surface area contributed by atoms with Crippen molar-refractivity contribution < 1.29 is 14.4 Å². The number of nitrogens with one attached hydrogen (secondary N) is 2. The molecule has 35 heavy (non-hydrogen) atoms. The summed E-state index contributed by atoms with van der Waals surface area (Å²) in [5.41, 5.74) is 7.53. The van der Waals surface area contributed by atoms with Crippen LogP contribution in [-0.4, -0.2) is 39.7 Å². The summed E-state index contributed by atoms with van der Waals surface area (Å²) < 4.78 is 1.78. The summed E-state index contributed by atoms with van der Waals surface area (Å²) in [6.07, 6.45) is 12.2. The summed E-state index contributed by atoms with van der Waals surface area (Å²) in [7, 11) is 0. The van der Waals surface area contributed by atoms with Crippen LogP contribution in [0.5, 0.6) is 0 Å². The second-order valence-electron chi connectivity index (χ2n) is 11.8. The molecule has 0 spiro atoms. The van der Waals surface area contributed by atoms with E-state index < -0.39 is 0 Å². The van der Waals surface area contributed by atoms with Gasteiger partial charge >= 0.3 is 0 Å². The minimum atomic E-state index is -0.357. The van der Waals surface area contributed by atoms with Gasteiger partial charge in [0.05, 0.1) is 18.0 Å². The van der Waals surface area contributed by atoms with E-state index in [0.717, 1.165) is 43.6 Å². The molecule has 186 valence electrons. The van der Waals surface area contributed by atoms with Crippen molar-refractivity contribution in [1.29, 1.82) is 0 Å². The molecule has 5 aliphatic rings. The van der Waals surface area contributed by atoms with Crippen molar-refractivity contribution in [2.45, 2.75) is 70.3 Å². The largest absolute Gasteiger partial charge is 0.369 e. The van der Waals surface area contributed by atoms with Gasteiger partial charge in [-0.15, -0.1) is 0 Å². The van der Waals surface area contributed by atoms with Gasteiger partial charge in [-0.1, -0.05) is 12.5 Å². The maximum atomic E-state index is 13.2. The lowest BCUT2D eigenvalue weighted by Crippen LogP contribution is -2.51. The number of fused-ring (bicyclic) bond motifs is 1. The topological polar surface area (TPSA) is 119 Å².